The Labute approximate surface area is 98.3 Å². The number of nitrogens with one attached hydrogen (secondary N) is 1. The van der Waals surface area contributed by atoms with Crippen LogP contribution >= 0.6 is 0 Å². The highest BCUT2D eigenvalue weighted by molar-refractivity contribution is 5.25. The average molecular weight is 229 g/mol. The lowest BCUT2D eigenvalue weighted by Crippen LogP contribution is -2.13. The van der Waals surface area contributed by atoms with Gasteiger partial charge in [-0.3, -0.25) is 0 Å². The van der Waals surface area contributed by atoms with Crippen molar-refractivity contribution in [1.82, 2.24) is 20.4 Å². The molecule has 0 fully saturated rings. The summed E-state index contributed by atoms with van der Waals surface area (Å²) in [7, 11) is 0. The van der Waals surface area contributed by atoms with Crippen molar-refractivity contribution in [1.29, 1.82) is 5.26 Å². The second-order valence-corrected chi connectivity index (χ2v) is 3.49. The maximum Gasteiger partial charge on any atom is 0.223 e. The third-order valence-electron chi connectivity index (χ3n) is 2.12. The zero-order valence-corrected chi connectivity index (χ0v) is 9.34. The molecule has 2 rings (SSSR count). The Hall–Kier alpha value is -2.26. The van der Waals surface area contributed by atoms with Crippen molar-refractivity contribution in [2.75, 3.05) is 0 Å². The summed E-state index contributed by atoms with van der Waals surface area (Å²) in [5, 5.41) is 15.6. The van der Waals surface area contributed by atoms with Gasteiger partial charge in [-0.05, 0) is 17.7 Å². The van der Waals surface area contributed by atoms with Crippen molar-refractivity contribution >= 4 is 0 Å². The van der Waals surface area contributed by atoms with Gasteiger partial charge in [0.05, 0.1) is 6.54 Å². The highest BCUT2D eigenvalue weighted by Gasteiger charge is 2.01. The predicted octanol–water partition coefficient (Wildman–Crippen LogP) is 0.934. The molecule has 0 aliphatic rings. The number of nitrogens with zero attached hydrogens (tertiary/aromatic N) is 4. The molecule has 0 aliphatic carbocycles. The Balaban J connectivity index is 1.88. The molecule has 0 aliphatic heterocycles. The molecule has 0 radical (unpaired) electrons. The van der Waals surface area contributed by atoms with Crippen molar-refractivity contribution in [3.63, 3.8) is 0 Å². The first-order chi connectivity index (χ1) is 8.28. The summed E-state index contributed by atoms with van der Waals surface area (Å²) in [6.07, 6.45) is 1.62. The number of aryl methyl sites for hydroxylation is 1. The monoisotopic (exact) mass is 229 g/mol. The third-order valence-corrected chi connectivity index (χ3v) is 2.12. The van der Waals surface area contributed by atoms with Crippen molar-refractivity contribution < 1.29 is 4.52 Å². The first-order valence-electron chi connectivity index (χ1n) is 5.13. The first kappa shape index (κ1) is 11.2. The quantitative estimate of drug-likeness (QED) is 0.839. The molecule has 0 saturated heterocycles. The summed E-state index contributed by atoms with van der Waals surface area (Å²) in [6.45, 7) is 2.91. The second-order valence-electron chi connectivity index (χ2n) is 3.49. The van der Waals surface area contributed by atoms with Crippen LogP contribution in [0, 0.1) is 18.3 Å². The highest BCUT2D eigenvalue weighted by Crippen LogP contribution is 2.01. The van der Waals surface area contributed by atoms with E-state index in [9.17, 15) is 0 Å². The van der Waals surface area contributed by atoms with E-state index in [1.807, 2.05) is 12.1 Å². The SMILES string of the molecule is Cc1nc(CNCc2ccnc(C#N)c2)no1. The van der Waals surface area contributed by atoms with E-state index in [1.54, 1.807) is 19.2 Å². The average Bonchev–Trinajstić information content (AvgIpc) is 2.75. The van der Waals surface area contributed by atoms with Gasteiger partial charge in [-0.1, -0.05) is 5.16 Å². The third kappa shape index (κ3) is 3.09. The lowest BCUT2D eigenvalue weighted by atomic mass is 10.2. The van der Waals surface area contributed by atoms with Crippen LogP contribution in [0.1, 0.15) is 23.0 Å². The Morgan fingerprint density at radius 3 is 3.06 bits per heavy atom. The molecule has 0 spiro atoms. The number of hydrogen-bond donors (Lipinski definition) is 1. The molecule has 1 N–H and O–H groups in total. The van der Waals surface area contributed by atoms with E-state index in [2.05, 4.69) is 20.4 Å². The van der Waals surface area contributed by atoms with Crippen LogP contribution in [0.5, 0.6) is 0 Å². The van der Waals surface area contributed by atoms with Gasteiger partial charge in [-0.2, -0.15) is 10.2 Å². The molecule has 2 aromatic heterocycles. The zero-order valence-electron chi connectivity index (χ0n) is 9.34. The molecule has 0 atom stereocenters. The first-order valence-corrected chi connectivity index (χ1v) is 5.13. The van der Waals surface area contributed by atoms with E-state index >= 15 is 0 Å². The fourth-order valence-electron chi connectivity index (χ4n) is 1.38. The molecule has 0 bridgehead atoms. The fourth-order valence-corrected chi connectivity index (χ4v) is 1.38. The number of pyridine rings is 1. The van der Waals surface area contributed by atoms with Gasteiger partial charge >= 0.3 is 0 Å². The lowest BCUT2D eigenvalue weighted by molar-refractivity contribution is 0.385. The summed E-state index contributed by atoms with van der Waals surface area (Å²) >= 11 is 0. The maximum atomic E-state index is 8.70. The van der Waals surface area contributed by atoms with Gasteiger partial charge in [0.15, 0.2) is 5.82 Å². The predicted molar refractivity (Wildman–Crippen MR) is 58.5 cm³/mol. The van der Waals surface area contributed by atoms with E-state index in [4.69, 9.17) is 9.78 Å². The van der Waals surface area contributed by atoms with Gasteiger partial charge in [0.2, 0.25) is 5.89 Å². The summed E-state index contributed by atoms with van der Waals surface area (Å²) in [5.41, 5.74) is 1.41. The molecule has 0 amide bonds. The van der Waals surface area contributed by atoms with Crippen molar-refractivity contribution in [2.24, 2.45) is 0 Å². The number of aromatic nitrogens is 3. The van der Waals surface area contributed by atoms with E-state index in [1.165, 1.54) is 0 Å². The van der Waals surface area contributed by atoms with Crippen LogP contribution in [0.4, 0.5) is 0 Å². The number of hydrogen-bond acceptors (Lipinski definition) is 6. The van der Waals surface area contributed by atoms with E-state index in [0.717, 1.165) is 5.56 Å². The Bertz CT molecular complexity index is 543. The topological polar surface area (TPSA) is 87.6 Å². The summed E-state index contributed by atoms with van der Waals surface area (Å²) in [5.74, 6) is 1.18. The maximum absolute atomic E-state index is 8.70. The zero-order chi connectivity index (χ0) is 12.1. The molecule has 86 valence electrons. The minimum absolute atomic E-state index is 0.416. The number of nitriles is 1. The molecule has 2 heterocycles. The molecule has 6 heteroatoms. The Kier molecular flexibility index (Phi) is 3.43. The highest BCUT2D eigenvalue weighted by atomic mass is 16.5. The summed E-state index contributed by atoms with van der Waals surface area (Å²) in [6, 6.07) is 5.60. The molecular weight excluding hydrogens is 218 g/mol. The molecule has 0 unspecified atom stereocenters. The Morgan fingerprint density at radius 1 is 1.47 bits per heavy atom. The van der Waals surface area contributed by atoms with Gasteiger partial charge in [-0.15, -0.1) is 0 Å². The summed E-state index contributed by atoms with van der Waals surface area (Å²) < 4.78 is 4.85. The van der Waals surface area contributed by atoms with Crippen LogP contribution in [0.3, 0.4) is 0 Å². The fraction of sp³-hybridized carbons (Fsp3) is 0.273. The minimum atomic E-state index is 0.416. The minimum Gasteiger partial charge on any atom is -0.340 e. The van der Waals surface area contributed by atoms with Crippen LogP contribution in [0.2, 0.25) is 0 Å². The van der Waals surface area contributed by atoms with Crippen LogP contribution < -0.4 is 5.32 Å². The molecule has 2 aromatic rings. The van der Waals surface area contributed by atoms with Crippen molar-refractivity contribution in [2.45, 2.75) is 20.0 Å². The molecular formula is C11H11N5O. The van der Waals surface area contributed by atoms with Crippen molar-refractivity contribution in [3.8, 4) is 6.07 Å². The van der Waals surface area contributed by atoms with Crippen LogP contribution in [-0.4, -0.2) is 15.1 Å². The lowest BCUT2D eigenvalue weighted by Gasteiger charge is -2.01. The standard InChI is InChI=1S/C11H11N5O/c1-8-15-11(16-17-8)7-13-6-9-2-3-14-10(4-9)5-12/h2-4,13H,6-7H2,1H3. The van der Waals surface area contributed by atoms with E-state index in [0.29, 0.717) is 30.5 Å². The van der Waals surface area contributed by atoms with E-state index < -0.39 is 0 Å². The van der Waals surface area contributed by atoms with Gasteiger partial charge in [0, 0.05) is 19.7 Å². The smallest absolute Gasteiger partial charge is 0.223 e. The van der Waals surface area contributed by atoms with Crippen molar-refractivity contribution in [3.05, 3.63) is 41.3 Å². The van der Waals surface area contributed by atoms with E-state index in [-0.39, 0.29) is 0 Å². The normalized spacial score (nSPS) is 10.1. The molecule has 0 aromatic carbocycles. The number of rotatable bonds is 4. The van der Waals surface area contributed by atoms with Crippen LogP contribution in [-0.2, 0) is 13.1 Å². The van der Waals surface area contributed by atoms with Crippen LogP contribution in [0.25, 0.3) is 0 Å². The largest absolute Gasteiger partial charge is 0.340 e. The Morgan fingerprint density at radius 2 is 2.35 bits per heavy atom. The van der Waals surface area contributed by atoms with Crippen LogP contribution in [0.15, 0.2) is 22.9 Å². The molecule has 17 heavy (non-hydrogen) atoms. The van der Waals surface area contributed by atoms with Gasteiger partial charge < -0.3 is 9.84 Å². The van der Waals surface area contributed by atoms with Gasteiger partial charge in [-0.25, -0.2) is 4.98 Å². The molecule has 6 nitrogen and oxygen atoms in total. The molecule has 0 saturated carbocycles. The van der Waals surface area contributed by atoms with Gasteiger partial charge in [0.1, 0.15) is 11.8 Å². The second kappa shape index (κ2) is 5.18. The van der Waals surface area contributed by atoms with Gasteiger partial charge in [0.25, 0.3) is 0 Å². The summed E-state index contributed by atoms with van der Waals surface area (Å²) in [4.78, 5) is 7.97.